The second kappa shape index (κ2) is 5.00. The second-order valence-electron chi connectivity index (χ2n) is 4.26. The van der Waals surface area contributed by atoms with E-state index in [0.29, 0.717) is 6.42 Å². The van der Waals surface area contributed by atoms with Crippen LogP contribution in [0.1, 0.15) is 31.0 Å². The van der Waals surface area contributed by atoms with Crippen LogP contribution in [0.5, 0.6) is 0 Å². The molecule has 1 N–H and O–H groups in total. The first-order valence-corrected chi connectivity index (χ1v) is 6.00. The Balaban J connectivity index is 2.35. The third kappa shape index (κ3) is 2.47. The van der Waals surface area contributed by atoms with Gasteiger partial charge >= 0.3 is 0 Å². The van der Waals surface area contributed by atoms with Crippen LogP contribution < -0.4 is 0 Å². The molecule has 0 fully saturated rings. The van der Waals surface area contributed by atoms with Crippen LogP contribution in [0.3, 0.4) is 0 Å². The number of ketones is 1. The van der Waals surface area contributed by atoms with Gasteiger partial charge in [0.1, 0.15) is 0 Å². The summed E-state index contributed by atoms with van der Waals surface area (Å²) in [4.78, 5) is 14.8. The van der Waals surface area contributed by atoms with Crippen molar-refractivity contribution >= 4 is 22.8 Å². The second-order valence-corrected chi connectivity index (χ2v) is 4.26. The molecule has 0 aliphatic heterocycles. The van der Waals surface area contributed by atoms with Gasteiger partial charge in [0.05, 0.1) is 0 Å². The van der Waals surface area contributed by atoms with Crippen molar-refractivity contribution in [2.24, 2.45) is 0 Å². The first-order valence-electron chi connectivity index (χ1n) is 6.00. The van der Waals surface area contributed by atoms with Gasteiger partial charge in [-0.3, -0.25) is 4.79 Å². The standard InChI is InChI=1S/C15H17NO/c1-3-6-12(17)9-10-13-11(2)16-15-8-5-4-7-14(13)15/h4-5,7-10,16H,3,6H2,1-2H3. The van der Waals surface area contributed by atoms with Gasteiger partial charge in [-0.25, -0.2) is 0 Å². The number of rotatable bonds is 4. The number of carbonyl (C=O) groups excluding carboxylic acids is 1. The van der Waals surface area contributed by atoms with Gasteiger partial charge in [0, 0.05) is 28.6 Å². The Morgan fingerprint density at radius 1 is 1.35 bits per heavy atom. The molecule has 1 aromatic heterocycles. The topological polar surface area (TPSA) is 32.9 Å². The number of aromatic nitrogens is 1. The molecule has 2 nitrogen and oxygen atoms in total. The smallest absolute Gasteiger partial charge is 0.155 e. The fraction of sp³-hybridized carbons (Fsp3) is 0.267. The van der Waals surface area contributed by atoms with Crippen LogP contribution in [0.25, 0.3) is 17.0 Å². The number of carbonyl (C=O) groups is 1. The molecule has 2 aromatic rings. The molecule has 0 saturated heterocycles. The predicted octanol–water partition coefficient (Wildman–Crippen LogP) is 3.86. The van der Waals surface area contributed by atoms with Crippen molar-refractivity contribution in [1.82, 2.24) is 4.98 Å². The van der Waals surface area contributed by atoms with Crippen LogP contribution in [0.15, 0.2) is 30.3 Å². The zero-order valence-corrected chi connectivity index (χ0v) is 10.3. The number of fused-ring (bicyclic) bond motifs is 1. The summed E-state index contributed by atoms with van der Waals surface area (Å²) in [6.07, 6.45) is 5.13. The van der Waals surface area contributed by atoms with Crippen molar-refractivity contribution in [2.45, 2.75) is 26.7 Å². The number of hydrogen-bond acceptors (Lipinski definition) is 1. The third-order valence-electron chi connectivity index (χ3n) is 2.88. The van der Waals surface area contributed by atoms with E-state index in [-0.39, 0.29) is 5.78 Å². The van der Waals surface area contributed by atoms with Crippen LogP contribution in [-0.4, -0.2) is 10.8 Å². The quantitative estimate of drug-likeness (QED) is 0.790. The first kappa shape index (κ1) is 11.6. The lowest BCUT2D eigenvalue weighted by Gasteiger charge is -1.93. The van der Waals surface area contributed by atoms with Crippen molar-refractivity contribution in [3.8, 4) is 0 Å². The lowest BCUT2D eigenvalue weighted by atomic mass is 10.1. The van der Waals surface area contributed by atoms with Crippen LogP contribution in [0.4, 0.5) is 0 Å². The molecule has 1 heterocycles. The average molecular weight is 227 g/mol. The number of nitrogens with one attached hydrogen (secondary N) is 1. The molecule has 0 spiro atoms. The molecule has 0 atom stereocenters. The van der Waals surface area contributed by atoms with Gasteiger partial charge < -0.3 is 4.98 Å². The van der Waals surface area contributed by atoms with Gasteiger partial charge in [-0.2, -0.15) is 0 Å². The van der Waals surface area contributed by atoms with Crippen molar-refractivity contribution in [3.05, 3.63) is 41.6 Å². The minimum absolute atomic E-state index is 0.192. The van der Waals surface area contributed by atoms with Crippen LogP contribution in [0, 0.1) is 6.92 Å². The zero-order chi connectivity index (χ0) is 12.3. The molecule has 0 unspecified atom stereocenters. The Kier molecular flexibility index (Phi) is 3.43. The van der Waals surface area contributed by atoms with Crippen LogP contribution in [0.2, 0.25) is 0 Å². The van der Waals surface area contributed by atoms with Gasteiger partial charge in [0.15, 0.2) is 5.78 Å². The van der Waals surface area contributed by atoms with Crippen molar-refractivity contribution < 1.29 is 4.79 Å². The Hall–Kier alpha value is -1.83. The van der Waals surface area contributed by atoms with Crippen LogP contribution in [-0.2, 0) is 4.79 Å². The molecule has 2 heteroatoms. The van der Waals surface area contributed by atoms with E-state index in [1.807, 2.05) is 38.1 Å². The number of aromatic amines is 1. The van der Waals surface area contributed by atoms with E-state index in [1.54, 1.807) is 6.08 Å². The maximum Gasteiger partial charge on any atom is 0.155 e. The Labute approximate surface area is 101 Å². The van der Waals surface area contributed by atoms with Crippen molar-refractivity contribution in [1.29, 1.82) is 0 Å². The maximum atomic E-state index is 11.5. The van der Waals surface area contributed by atoms with Gasteiger partial charge in [-0.05, 0) is 31.6 Å². The summed E-state index contributed by atoms with van der Waals surface area (Å²) < 4.78 is 0. The van der Waals surface area contributed by atoms with Crippen molar-refractivity contribution in [3.63, 3.8) is 0 Å². The highest BCUT2D eigenvalue weighted by Gasteiger charge is 2.04. The van der Waals surface area contributed by atoms with E-state index in [0.717, 1.165) is 23.2 Å². The van der Waals surface area contributed by atoms with E-state index < -0.39 is 0 Å². The minimum Gasteiger partial charge on any atom is -0.358 e. The molecule has 0 aliphatic carbocycles. The normalized spacial score (nSPS) is 11.4. The molecule has 88 valence electrons. The molecule has 0 radical (unpaired) electrons. The number of allylic oxidation sites excluding steroid dienone is 1. The average Bonchev–Trinajstić information content (AvgIpc) is 2.62. The zero-order valence-electron chi connectivity index (χ0n) is 10.3. The lowest BCUT2D eigenvalue weighted by molar-refractivity contribution is -0.114. The molecule has 0 bridgehead atoms. The molecular formula is C15H17NO. The fourth-order valence-electron chi connectivity index (χ4n) is 2.02. The summed E-state index contributed by atoms with van der Waals surface area (Å²) in [5.41, 5.74) is 3.34. The molecule has 0 saturated carbocycles. The highest BCUT2D eigenvalue weighted by atomic mass is 16.1. The number of hydrogen-bond donors (Lipinski definition) is 1. The summed E-state index contributed by atoms with van der Waals surface area (Å²) in [6, 6.07) is 8.14. The highest BCUT2D eigenvalue weighted by Crippen LogP contribution is 2.22. The monoisotopic (exact) mass is 227 g/mol. The van der Waals surface area contributed by atoms with E-state index in [4.69, 9.17) is 0 Å². The summed E-state index contributed by atoms with van der Waals surface area (Å²) >= 11 is 0. The Morgan fingerprint density at radius 3 is 2.88 bits per heavy atom. The predicted molar refractivity (Wildman–Crippen MR) is 72.0 cm³/mol. The Morgan fingerprint density at radius 2 is 2.12 bits per heavy atom. The minimum atomic E-state index is 0.192. The lowest BCUT2D eigenvalue weighted by Crippen LogP contribution is -1.89. The van der Waals surface area contributed by atoms with Crippen molar-refractivity contribution in [2.75, 3.05) is 0 Å². The Bertz CT molecular complexity index is 563. The largest absolute Gasteiger partial charge is 0.358 e. The van der Waals surface area contributed by atoms with Gasteiger partial charge in [-0.1, -0.05) is 25.1 Å². The van der Waals surface area contributed by atoms with Gasteiger partial charge in [0.25, 0.3) is 0 Å². The van der Waals surface area contributed by atoms with Gasteiger partial charge in [-0.15, -0.1) is 0 Å². The molecule has 1 aromatic carbocycles. The summed E-state index contributed by atoms with van der Waals surface area (Å²) in [5, 5.41) is 1.17. The number of H-pyrrole nitrogens is 1. The van der Waals surface area contributed by atoms with E-state index in [9.17, 15) is 4.79 Å². The van der Waals surface area contributed by atoms with Crippen LogP contribution >= 0.6 is 0 Å². The summed E-state index contributed by atoms with van der Waals surface area (Å²) in [7, 11) is 0. The van der Waals surface area contributed by atoms with E-state index in [2.05, 4.69) is 11.1 Å². The number of para-hydroxylation sites is 1. The third-order valence-corrected chi connectivity index (χ3v) is 2.88. The molecule has 2 rings (SSSR count). The molecule has 17 heavy (non-hydrogen) atoms. The molecular weight excluding hydrogens is 210 g/mol. The highest BCUT2D eigenvalue weighted by molar-refractivity contribution is 5.97. The molecule has 0 aliphatic rings. The fourth-order valence-corrected chi connectivity index (χ4v) is 2.02. The maximum absolute atomic E-state index is 11.5. The van der Waals surface area contributed by atoms with E-state index in [1.165, 1.54) is 5.39 Å². The summed E-state index contributed by atoms with van der Waals surface area (Å²) in [5.74, 6) is 0.192. The van der Waals surface area contributed by atoms with Gasteiger partial charge in [0.2, 0.25) is 0 Å². The number of benzene rings is 1. The summed E-state index contributed by atoms with van der Waals surface area (Å²) in [6.45, 7) is 4.05. The first-order chi connectivity index (χ1) is 8.22. The SMILES string of the molecule is CCCC(=O)C=Cc1c(C)[nH]c2ccccc12. The molecule has 0 amide bonds. The number of aryl methyl sites for hydroxylation is 1. The van der Waals surface area contributed by atoms with E-state index >= 15 is 0 Å².